The van der Waals surface area contributed by atoms with E-state index in [4.69, 9.17) is 14.5 Å². The summed E-state index contributed by atoms with van der Waals surface area (Å²) in [6.07, 6.45) is 8.42. The van der Waals surface area contributed by atoms with Crippen molar-refractivity contribution in [1.29, 1.82) is 0 Å². The molecule has 7 nitrogen and oxygen atoms in total. The Morgan fingerprint density at radius 1 is 0.875 bits per heavy atom. The predicted octanol–water partition coefficient (Wildman–Crippen LogP) is 8.94. The summed E-state index contributed by atoms with van der Waals surface area (Å²) < 4.78 is 11.9. The van der Waals surface area contributed by atoms with Crippen LogP contribution in [0.2, 0.25) is 0 Å². The van der Waals surface area contributed by atoms with Gasteiger partial charge in [-0.25, -0.2) is 9.59 Å². The summed E-state index contributed by atoms with van der Waals surface area (Å²) in [7, 11) is 0. The normalized spacial score (nSPS) is 13.9. The predicted molar refractivity (Wildman–Crippen MR) is 173 cm³/mol. The van der Waals surface area contributed by atoms with Crippen molar-refractivity contribution in [3.05, 3.63) is 71.8 Å². The van der Waals surface area contributed by atoms with Gasteiger partial charge in [-0.1, -0.05) is 59.0 Å². The summed E-state index contributed by atoms with van der Waals surface area (Å²) in [5.41, 5.74) is 4.86. The number of benzene rings is 2. The first-order chi connectivity index (χ1) is 18.8. The van der Waals surface area contributed by atoms with Gasteiger partial charge < -0.3 is 9.47 Å². The van der Waals surface area contributed by atoms with E-state index in [9.17, 15) is 9.59 Å². The number of carbonyl (C=O) groups excluding carboxylic acids is 2. The molecule has 0 aromatic heterocycles. The Labute approximate surface area is 251 Å². The number of amides is 2. The van der Waals surface area contributed by atoms with Gasteiger partial charge in [-0.05, 0) is 102 Å². The number of carbonyl (C=O) groups is 2. The first-order valence-corrected chi connectivity index (χ1v) is 15.1. The van der Waals surface area contributed by atoms with E-state index in [1.54, 1.807) is 0 Å². The summed E-state index contributed by atoms with van der Waals surface area (Å²) in [6.45, 7) is 11.7. The van der Waals surface area contributed by atoms with E-state index in [1.807, 2.05) is 84.0 Å². The minimum Gasteiger partial charge on any atom is -0.444 e. The number of alkyl halides is 1. The number of hydrogen-bond acceptors (Lipinski definition) is 5. The molecule has 0 atom stereocenters. The van der Waals surface area contributed by atoms with Crippen LogP contribution < -0.4 is 10.6 Å². The molecule has 0 saturated carbocycles. The second-order valence-electron chi connectivity index (χ2n) is 11.5. The molecule has 0 heterocycles. The van der Waals surface area contributed by atoms with Crippen molar-refractivity contribution in [2.24, 2.45) is 4.99 Å². The molecule has 1 aliphatic rings. The molecule has 2 aromatic carbocycles. The zero-order valence-corrected chi connectivity index (χ0v) is 26.4. The average molecular weight is 658 g/mol. The van der Waals surface area contributed by atoms with Crippen LogP contribution in [-0.4, -0.2) is 40.1 Å². The molecule has 0 aliphatic heterocycles. The Kier molecular flexibility index (Phi) is 11.0. The monoisotopic (exact) mass is 657 g/mol. The number of aliphatic imine (C=N–C) groups is 1. The SMILES string of the molecule is CC(C)(C)OC(=O)Nc1ccc(-c2ccc(NC(=O)OC(C)(C)C)cc2C(=NCCCI)C2=CCCC=C2)cc1. The lowest BCUT2D eigenvalue weighted by Crippen LogP contribution is -2.27. The molecule has 0 radical (unpaired) electrons. The fourth-order valence-corrected chi connectivity index (χ4v) is 4.36. The molecule has 0 fully saturated rings. The van der Waals surface area contributed by atoms with Crippen LogP contribution in [0.1, 0.15) is 66.4 Å². The number of anilines is 2. The molecule has 3 rings (SSSR count). The largest absolute Gasteiger partial charge is 0.444 e. The molecule has 1 aliphatic carbocycles. The highest BCUT2D eigenvalue weighted by molar-refractivity contribution is 14.1. The molecule has 40 heavy (non-hydrogen) atoms. The van der Waals surface area contributed by atoms with E-state index < -0.39 is 23.4 Å². The summed E-state index contributed by atoms with van der Waals surface area (Å²) in [6, 6.07) is 13.4. The van der Waals surface area contributed by atoms with E-state index in [2.05, 4.69) is 51.5 Å². The van der Waals surface area contributed by atoms with Gasteiger partial charge in [0.25, 0.3) is 0 Å². The molecular formula is C32H40IN3O4. The number of ether oxygens (including phenoxy) is 2. The lowest BCUT2D eigenvalue weighted by atomic mass is 9.90. The third kappa shape index (κ3) is 10.1. The van der Waals surface area contributed by atoms with Gasteiger partial charge in [-0.3, -0.25) is 15.6 Å². The van der Waals surface area contributed by atoms with Gasteiger partial charge in [0.1, 0.15) is 11.2 Å². The van der Waals surface area contributed by atoms with Crippen LogP contribution in [0, 0.1) is 0 Å². The van der Waals surface area contributed by atoms with Gasteiger partial charge in [-0.2, -0.15) is 0 Å². The van der Waals surface area contributed by atoms with Gasteiger partial charge in [-0.15, -0.1) is 0 Å². The Bertz CT molecular complexity index is 1280. The molecule has 8 heteroatoms. The van der Waals surface area contributed by atoms with Crippen molar-refractivity contribution in [2.45, 2.75) is 72.0 Å². The molecule has 2 aromatic rings. The maximum absolute atomic E-state index is 12.6. The van der Waals surface area contributed by atoms with Gasteiger partial charge in [0.05, 0.1) is 5.71 Å². The van der Waals surface area contributed by atoms with Crippen LogP contribution in [0.4, 0.5) is 21.0 Å². The van der Waals surface area contributed by atoms with Crippen molar-refractivity contribution >= 4 is 51.9 Å². The Morgan fingerprint density at radius 2 is 1.48 bits per heavy atom. The zero-order chi connectivity index (χ0) is 29.3. The Balaban J connectivity index is 2.02. The fourth-order valence-electron chi connectivity index (χ4n) is 4.02. The standard InChI is InChI=1S/C32H40IN3O4/c1-31(2,3)39-29(37)35-24-15-13-22(14-16-24)26-18-17-25(36-30(38)40-32(4,5)6)21-27(26)28(34-20-10-19-33)23-11-8-7-9-12-23/h8,11-18,21H,7,9-10,19-20H2,1-6H3,(H,35,37)(H,36,38). The molecule has 0 spiro atoms. The molecule has 214 valence electrons. The van der Waals surface area contributed by atoms with Crippen molar-refractivity contribution in [2.75, 3.05) is 21.6 Å². The van der Waals surface area contributed by atoms with Gasteiger partial charge in [0, 0.05) is 27.9 Å². The quantitative estimate of drug-likeness (QED) is 0.128. The Morgan fingerprint density at radius 3 is 2.02 bits per heavy atom. The molecular weight excluding hydrogens is 617 g/mol. The number of nitrogens with one attached hydrogen (secondary N) is 2. The molecule has 2 N–H and O–H groups in total. The molecule has 0 bridgehead atoms. The highest BCUT2D eigenvalue weighted by Crippen LogP contribution is 2.31. The van der Waals surface area contributed by atoms with Crippen LogP contribution in [-0.2, 0) is 9.47 Å². The second kappa shape index (κ2) is 14.0. The molecule has 0 saturated heterocycles. The summed E-state index contributed by atoms with van der Waals surface area (Å²) in [4.78, 5) is 29.8. The van der Waals surface area contributed by atoms with Crippen LogP contribution in [0.25, 0.3) is 11.1 Å². The maximum Gasteiger partial charge on any atom is 0.412 e. The zero-order valence-electron chi connectivity index (χ0n) is 24.3. The Hall–Kier alpha value is -3.14. The van der Waals surface area contributed by atoms with Gasteiger partial charge in [0.15, 0.2) is 0 Å². The number of hydrogen-bond donors (Lipinski definition) is 2. The van der Waals surface area contributed by atoms with Gasteiger partial charge in [0.2, 0.25) is 0 Å². The lowest BCUT2D eigenvalue weighted by molar-refractivity contribution is 0.0624. The van der Waals surface area contributed by atoms with Crippen LogP contribution in [0.5, 0.6) is 0 Å². The lowest BCUT2D eigenvalue weighted by Gasteiger charge is -2.21. The van der Waals surface area contributed by atoms with Crippen molar-refractivity contribution < 1.29 is 19.1 Å². The minimum atomic E-state index is -0.605. The first-order valence-electron chi connectivity index (χ1n) is 13.6. The number of rotatable bonds is 8. The maximum atomic E-state index is 12.6. The van der Waals surface area contributed by atoms with Crippen LogP contribution in [0.3, 0.4) is 0 Å². The van der Waals surface area contributed by atoms with E-state index in [1.165, 1.54) is 0 Å². The fraction of sp³-hybridized carbons (Fsp3) is 0.406. The molecule has 0 unspecified atom stereocenters. The smallest absolute Gasteiger partial charge is 0.412 e. The first kappa shape index (κ1) is 31.4. The topological polar surface area (TPSA) is 89.0 Å². The van der Waals surface area contributed by atoms with Crippen LogP contribution >= 0.6 is 22.6 Å². The summed E-state index contributed by atoms with van der Waals surface area (Å²) in [5.74, 6) is 0. The summed E-state index contributed by atoms with van der Waals surface area (Å²) in [5, 5.41) is 5.66. The number of halogens is 1. The van der Waals surface area contributed by atoms with E-state index in [0.29, 0.717) is 17.9 Å². The molecule has 2 amide bonds. The van der Waals surface area contributed by atoms with Crippen molar-refractivity contribution in [1.82, 2.24) is 0 Å². The van der Waals surface area contributed by atoms with Crippen molar-refractivity contribution in [3.8, 4) is 11.1 Å². The van der Waals surface area contributed by atoms with Crippen LogP contribution in [0.15, 0.2) is 71.3 Å². The number of nitrogens with zero attached hydrogens (tertiary/aromatic N) is 1. The van der Waals surface area contributed by atoms with E-state index in [-0.39, 0.29) is 0 Å². The third-order valence-corrected chi connectivity index (χ3v) is 6.35. The number of allylic oxidation sites excluding steroid dienone is 4. The highest BCUT2D eigenvalue weighted by atomic mass is 127. The average Bonchev–Trinajstić information content (AvgIpc) is 2.85. The minimum absolute atomic E-state index is 0.501. The van der Waals surface area contributed by atoms with Gasteiger partial charge >= 0.3 is 12.2 Å². The second-order valence-corrected chi connectivity index (χ2v) is 12.6. The van der Waals surface area contributed by atoms with Crippen molar-refractivity contribution in [3.63, 3.8) is 0 Å². The van der Waals surface area contributed by atoms with E-state index in [0.717, 1.165) is 51.7 Å². The van der Waals surface area contributed by atoms with E-state index >= 15 is 0 Å². The highest BCUT2D eigenvalue weighted by Gasteiger charge is 2.20. The third-order valence-electron chi connectivity index (χ3n) is 5.59. The summed E-state index contributed by atoms with van der Waals surface area (Å²) >= 11 is 2.37.